The van der Waals surface area contributed by atoms with Crippen LogP contribution < -0.4 is 10.1 Å². The van der Waals surface area contributed by atoms with E-state index in [1.165, 1.54) is 0 Å². The molecule has 0 spiro atoms. The summed E-state index contributed by atoms with van der Waals surface area (Å²) in [7, 11) is 0. The molecule has 1 saturated heterocycles. The Morgan fingerprint density at radius 2 is 2.10 bits per heavy atom. The molecule has 1 fully saturated rings. The maximum absolute atomic E-state index is 12.6. The van der Waals surface area contributed by atoms with Gasteiger partial charge in [0.25, 0.3) is 0 Å². The minimum Gasteiger partial charge on any atom is -0.494 e. The molecule has 1 aromatic carbocycles. The average molecular weight is 290 g/mol. The van der Waals surface area contributed by atoms with Crippen molar-refractivity contribution in [3.8, 4) is 5.75 Å². The molecule has 0 saturated carbocycles. The summed E-state index contributed by atoms with van der Waals surface area (Å²) in [5.74, 6) is 1.09. The van der Waals surface area contributed by atoms with Gasteiger partial charge in [-0.1, -0.05) is 6.92 Å². The lowest BCUT2D eigenvalue weighted by Crippen LogP contribution is -2.45. The molecule has 4 nitrogen and oxygen atoms in total. The molecular weight excluding hydrogens is 264 g/mol. The Hall–Kier alpha value is -1.39. The molecule has 2 rings (SSSR count). The van der Waals surface area contributed by atoms with Crippen LogP contribution in [0.3, 0.4) is 0 Å². The molecule has 1 unspecified atom stereocenters. The van der Waals surface area contributed by atoms with Crippen LogP contribution in [0.1, 0.15) is 29.8 Å². The number of benzene rings is 1. The summed E-state index contributed by atoms with van der Waals surface area (Å²) in [5, 5.41) is 3.34. The maximum atomic E-state index is 12.6. The summed E-state index contributed by atoms with van der Waals surface area (Å²) in [6.45, 7) is 11.5. The summed E-state index contributed by atoms with van der Waals surface area (Å²) in [6.07, 6.45) is 0. The van der Waals surface area contributed by atoms with Gasteiger partial charge in [-0.15, -0.1) is 0 Å². The van der Waals surface area contributed by atoms with Crippen molar-refractivity contribution in [1.82, 2.24) is 10.2 Å². The first-order valence-corrected chi connectivity index (χ1v) is 7.82. The highest BCUT2D eigenvalue weighted by Gasteiger charge is 2.21. The fourth-order valence-corrected chi connectivity index (χ4v) is 2.80. The molecule has 0 aromatic heterocycles. The van der Waals surface area contributed by atoms with Gasteiger partial charge in [0.1, 0.15) is 5.75 Å². The van der Waals surface area contributed by atoms with Crippen molar-refractivity contribution < 1.29 is 9.53 Å². The van der Waals surface area contributed by atoms with E-state index in [4.69, 9.17) is 4.74 Å². The topological polar surface area (TPSA) is 41.6 Å². The van der Waals surface area contributed by atoms with Crippen molar-refractivity contribution in [1.29, 1.82) is 0 Å². The summed E-state index contributed by atoms with van der Waals surface area (Å²) < 4.78 is 5.48. The third kappa shape index (κ3) is 4.29. The first-order valence-electron chi connectivity index (χ1n) is 7.82. The van der Waals surface area contributed by atoms with Gasteiger partial charge in [0.15, 0.2) is 5.78 Å². The van der Waals surface area contributed by atoms with E-state index >= 15 is 0 Å². The number of hydrogen-bond donors (Lipinski definition) is 1. The quantitative estimate of drug-likeness (QED) is 0.815. The number of rotatable bonds is 6. The zero-order valence-corrected chi connectivity index (χ0v) is 13.3. The van der Waals surface area contributed by atoms with Crippen LogP contribution in [0.25, 0.3) is 0 Å². The third-order valence-corrected chi connectivity index (χ3v) is 3.96. The molecule has 1 aliphatic heterocycles. The zero-order valence-electron chi connectivity index (χ0n) is 13.3. The van der Waals surface area contributed by atoms with E-state index in [1.54, 1.807) is 0 Å². The normalized spacial score (nSPS) is 17.5. The number of aryl methyl sites for hydroxylation is 1. The molecule has 0 bridgehead atoms. The molecule has 0 aliphatic carbocycles. The summed E-state index contributed by atoms with van der Waals surface area (Å²) in [4.78, 5) is 15.0. The number of carbonyl (C=O) groups excluding carboxylic acids is 1. The average Bonchev–Trinajstić information content (AvgIpc) is 2.48. The van der Waals surface area contributed by atoms with Gasteiger partial charge >= 0.3 is 0 Å². The van der Waals surface area contributed by atoms with Crippen molar-refractivity contribution in [3.05, 3.63) is 29.3 Å². The van der Waals surface area contributed by atoms with Crippen LogP contribution >= 0.6 is 0 Å². The molecule has 1 heterocycles. The first-order chi connectivity index (χ1) is 10.1. The van der Waals surface area contributed by atoms with Gasteiger partial charge in [-0.2, -0.15) is 0 Å². The minimum absolute atomic E-state index is 0.0275. The predicted octanol–water partition coefficient (Wildman–Crippen LogP) is 2.12. The predicted molar refractivity (Wildman–Crippen MR) is 85.2 cm³/mol. The van der Waals surface area contributed by atoms with Crippen LogP contribution in [0.2, 0.25) is 0 Å². The molecule has 1 aliphatic rings. The van der Waals surface area contributed by atoms with Crippen molar-refractivity contribution in [2.75, 3.05) is 39.3 Å². The molecule has 0 amide bonds. The van der Waals surface area contributed by atoms with Gasteiger partial charge in [0.05, 0.1) is 6.61 Å². The first kappa shape index (κ1) is 16.0. The molecule has 4 heteroatoms. The van der Waals surface area contributed by atoms with E-state index in [-0.39, 0.29) is 11.7 Å². The number of hydrogen-bond acceptors (Lipinski definition) is 4. The Bertz CT molecular complexity index is 482. The number of nitrogens with zero attached hydrogens (tertiary/aromatic N) is 1. The van der Waals surface area contributed by atoms with Crippen LogP contribution in [0.5, 0.6) is 5.75 Å². The number of piperazine rings is 1. The number of carbonyl (C=O) groups is 1. The Kier molecular flexibility index (Phi) is 5.76. The van der Waals surface area contributed by atoms with Crippen LogP contribution in [0.15, 0.2) is 18.2 Å². The van der Waals surface area contributed by atoms with E-state index in [9.17, 15) is 4.79 Å². The second kappa shape index (κ2) is 7.57. The highest BCUT2D eigenvalue weighted by atomic mass is 16.5. The van der Waals surface area contributed by atoms with Crippen LogP contribution in [0.4, 0.5) is 0 Å². The van der Waals surface area contributed by atoms with Crippen molar-refractivity contribution >= 4 is 5.78 Å². The molecule has 1 aromatic rings. The Balaban J connectivity index is 2.01. The monoisotopic (exact) mass is 290 g/mol. The number of nitrogens with one attached hydrogen (secondary N) is 1. The molecular formula is C17H26N2O2. The van der Waals surface area contributed by atoms with E-state index in [1.807, 2.05) is 39.0 Å². The number of ketones is 1. The molecule has 21 heavy (non-hydrogen) atoms. The highest BCUT2D eigenvalue weighted by molar-refractivity contribution is 5.99. The molecule has 116 valence electrons. The zero-order chi connectivity index (χ0) is 15.2. The number of ether oxygens (including phenoxy) is 1. The van der Waals surface area contributed by atoms with Crippen molar-refractivity contribution in [2.45, 2.75) is 20.8 Å². The fourth-order valence-electron chi connectivity index (χ4n) is 2.80. The lowest BCUT2D eigenvalue weighted by Gasteiger charge is -2.29. The highest BCUT2D eigenvalue weighted by Crippen LogP contribution is 2.20. The Morgan fingerprint density at radius 1 is 1.38 bits per heavy atom. The fraction of sp³-hybridized carbons (Fsp3) is 0.588. The summed E-state index contributed by atoms with van der Waals surface area (Å²) in [5.41, 5.74) is 1.82. The van der Waals surface area contributed by atoms with E-state index in [2.05, 4.69) is 10.2 Å². The van der Waals surface area contributed by atoms with Crippen molar-refractivity contribution in [3.63, 3.8) is 0 Å². The summed E-state index contributed by atoms with van der Waals surface area (Å²) >= 11 is 0. The smallest absolute Gasteiger partial charge is 0.167 e. The van der Waals surface area contributed by atoms with Gasteiger partial charge in [0.2, 0.25) is 0 Å². The second-order valence-electron chi connectivity index (χ2n) is 5.73. The SMILES string of the molecule is CCOc1ccc(C(=O)C(C)CN2CCNCC2)c(C)c1. The molecule has 0 radical (unpaired) electrons. The van der Waals surface area contributed by atoms with Crippen LogP contribution in [-0.4, -0.2) is 50.0 Å². The molecule has 1 N–H and O–H groups in total. The standard InChI is InChI=1S/C17H26N2O2/c1-4-21-15-5-6-16(13(2)11-15)17(20)14(3)12-19-9-7-18-8-10-19/h5-6,11,14,18H,4,7-10,12H2,1-3H3. The van der Waals surface area contributed by atoms with Crippen molar-refractivity contribution in [2.24, 2.45) is 5.92 Å². The largest absolute Gasteiger partial charge is 0.494 e. The van der Waals surface area contributed by atoms with Gasteiger partial charge in [-0.3, -0.25) is 4.79 Å². The van der Waals surface area contributed by atoms with Gasteiger partial charge in [0, 0.05) is 44.2 Å². The Labute approximate surface area is 127 Å². The Morgan fingerprint density at radius 3 is 2.71 bits per heavy atom. The van der Waals surface area contributed by atoms with E-state index in [0.717, 1.165) is 49.6 Å². The maximum Gasteiger partial charge on any atom is 0.167 e. The number of Topliss-reactive ketones (excluding diaryl/α,β-unsaturated/α-hetero) is 1. The van der Waals surface area contributed by atoms with E-state index < -0.39 is 0 Å². The van der Waals surface area contributed by atoms with Gasteiger partial charge in [-0.25, -0.2) is 0 Å². The lowest BCUT2D eigenvalue weighted by molar-refractivity contribution is 0.0886. The van der Waals surface area contributed by atoms with Crippen LogP contribution in [0, 0.1) is 12.8 Å². The molecule has 1 atom stereocenters. The summed E-state index contributed by atoms with van der Waals surface area (Å²) in [6, 6.07) is 5.74. The van der Waals surface area contributed by atoms with E-state index in [0.29, 0.717) is 6.61 Å². The lowest BCUT2D eigenvalue weighted by atomic mass is 9.95. The van der Waals surface area contributed by atoms with Gasteiger partial charge in [-0.05, 0) is 37.6 Å². The minimum atomic E-state index is 0.0275. The third-order valence-electron chi connectivity index (χ3n) is 3.96. The van der Waals surface area contributed by atoms with Gasteiger partial charge < -0.3 is 15.0 Å². The second-order valence-corrected chi connectivity index (χ2v) is 5.73. The van der Waals surface area contributed by atoms with Crippen LogP contribution in [-0.2, 0) is 0 Å².